The molecule has 25 heavy (non-hydrogen) atoms. The molecule has 2 amide bonds. The lowest BCUT2D eigenvalue weighted by molar-refractivity contribution is 0.0928. The van der Waals surface area contributed by atoms with Gasteiger partial charge in [-0.2, -0.15) is 0 Å². The standard InChI is InChI=1S/C20H24N2O3/c1-3-17(11-12-23)21-20(25)16-10-9-14(2)18(13-16)22-19(24)15-7-5-4-6-8-15/h4-10,13,17,23H,3,11-12H2,1-2H3,(H,21,25)(H,22,24). The molecule has 0 heterocycles. The van der Waals surface area contributed by atoms with Gasteiger partial charge < -0.3 is 15.7 Å². The van der Waals surface area contributed by atoms with Crippen LogP contribution < -0.4 is 10.6 Å². The highest BCUT2D eigenvalue weighted by atomic mass is 16.3. The highest BCUT2D eigenvalue weighted by Gasteiger charge is 2.14. The smallest absolute Gasteiger partial charge is 0.255 e. The highest BCUT2D eigenvalue weighted by molar-refractivity contribution is 6.05. The van der Waals surface area contributed by atoms with E-state index in [9.17, 15) is 9.59 Å². The zero-order valence-corrected chi connectivity index (χ0v) is 14.6. The molecule has 2 aromatic carbocycles. The van der Waals surface area contributed by atoms with Gasteiger partial charge in [-0.05, 0) is 49.6 Å². The molecular weight excluding hydrogens is 316 g/mol. The van der Waals surface area contributed by atoms with E-state index in [0.717, 1.165) is 12.0 Å². The van der Waals surface area contributed by atoms with Gasteiger partial charge >= 0.3 is 0 Å². The number of carbonyl (C=O) groups is 2. The van der Waals surface area contributed by atoms with Gasteiger partial charge in [0.05, 0.1) is 0 Å². The van der Waals surface area contributed by atoms with Crippen molar-refractivity contribution in [3.8, 4) is 0 Å². The molecule has 5 heteroatoms. The Bertz CT molecular complexity index is 729. The van der Waals surface area contributed by atoms with Crippen LogP contribution in [0.2, 0.25) is 0 Å². The average Bonchev–Trinajstić information content (AvgIpc) is 2.63. The normalized spacial score (nSPS) is 11.6. The number of hydrogen-bond donors (Lipinski definition) is 3. The van der Waals surface area contributed by atoms with Crippen molar-refractivity contribution < 1.29 is 14.7 Å². The maximum absolute atomic E-state index is 12.4. The van der Waals surface area contributed by atoms with E-state index in [1.165, 1.54) is 0 Å². The number of amides is 2. The van der Waals surface area contributed by atoms with Crippen molar-refractivity contribution in [2.45, 2.75) is 32.7 Å². The summed E-state index contributed by atoms with van der Waals surface area (Å²) in [6.07, 6.45) is 1.27. The van der Waals surface area contributed by atoms with E-state index in [0.29, 0.717) is 23.2 Å². The molecule has 0 aromatic heterocycles. The number of benzene rings is 2. The number of aryl methyl sites for hydroxylation is 1. The Hall–Kier alpha value is -2.66. The number of rotatable bonds is 7. The minimum absolute atomic E-state index is 0.0328. The van der Waals surface area contributed by atoms with Gasteiger partial charge in [0.25, 0.3) is 11.8 Å². The summed E-state index contributed by atoms with van der Waals surface area (Å²) in [5, 5.41) is 14.8. The predicted octanol–water partition coefficient (Wildman–Crippen LogP) is 3.14. The van der Waals surface area contributed by atoms with Crippen LogP contribution in [0.1, 0.15) is 46.0 Å². The highest BCUT2D eigenvalue weighted by Crippen LogP contribution is 2.18. The van der Waals surface area contributed by atoms with Crippen LogP contribution in [0.25, 0.3) is 0 Å². The summed E-state index contributed by atoms with van der Waals surface area (Å²) in [6, 6.07) is 14.1. The van der Waals surface area contributed by atoms with E-state index >= 15 is 0 Å². The van der Waals surface area contributed by atoms with Gasteiger partial charge in [-0.25, -0.2) is 0 Å². The third kappa shape index (κ3) is 5.16. The number of anilines is 1. The van der Waals surface area contributed by atoms with Crippen molar-refractivity contribution in [1.29, 1.82) is 0 Å². The van der Waals surface area contributed by atoms with Crippen molar-refractivity contribution >= 4 is 17.5 Å². The first-order valence-electron chi connectivity index (χ1n) is 8.44. The van der Waals surface area contributed by atoms with Crippen LogP contribution in [0.15, 0.2) is 48.5 Å². The SMILES string of the molecule is CCC(CCO)NC(=O)c1ccc(C)c(NC(=O)c2ccccc2)c1. The van der Waals surface area contributed by atoms with Crippen LogP contribution in [0.4, 0.5) is 5.69 Å². The van der Waals surface area contributed by atoms with E-state index in [1.807, 2.05) is 26.0 Å². The first-order chi connectivity index (χ1) is 12.0. The van der Waals surface area contributed by atoms with E-state index < -0.39 is 0 Å². The van der Waals surface area contributed by atoms with Gasteiger partial charge in [-0.15, -0.1) is 0 Å². The number of nitrogens with one attached hydrogen (secondary N) is 2. The molecule has 0 aliphatic carbocycles. The molecule has 0 saturated carbocycles. The minimum Gasteiger partial charge on any atom is -0.396 e. The Morgan fingerprint density at radius 2 is 1.76 bits per heavy atom. The third-order valence-corrected chi connectivity index (χ3v) is 4.09. The van der Waals surface area contributed by atoms with Gasteiger partial charge in [0.2, 0.25) is 0 Å². The van der Waals surface area contributed by atoms with E-state index in [2.05, 4.69) is 10.6 Å². The van der Waals surface area contributed by atoms with Crippen LogP contribution in [0, 0.1) is 6.92 Å². The molecule has 3 N–H and O–H groups in total. The Morgan fingerprint density at radius 1 is 1.04 bits per heavy atom. The van der Waals surface area contributed by atoms with Gasteiger partial charge in [0, 0.05) is 29.5 Å². The van der Waals surface area contributed by atoms with Crippen molar-refractivity contribution in [3.05, 3.63) is 65.2 Å². The largest absolute Gasteiger partial charge is 0.396 e. The molecule has 132 valence electrons. The lowest BCUT2D eigenvalue weighted by Crippen LogP contribution is -2.35. The summed E-state index contributed by atoms with van der Waals surface area (Å²) in [5.74, 6) is -0.427. The molecule has 0 saturated heterocycles. The third-order valence-electron chi connectivity index (χ3n) is 4.09. The summed E-state index contributed by atoms with van der Waals surface area (Å²) in [6.45, 7) is 3.87. The van der Waals surface area contributed by atoms with Crippen LogP contribution in [0.5, 0.6) is 0 Å². The predicted molar refractivity (Wildman–Crippen MR) is 98.8 cm³/mol. The quantitative estimate of drug-likeness (QED) is 0.724. The summed E-state index contributed by atoms with van der Waals surface area (Å²) in [7, 11) is 0. The molecular formula is C20H24N2O3. The van der Waals surface area contributed by atoms with Crippen molar-refractivity contribution in [1.82, 2.24) is 5.32 Å². The number of aliphatic hydroxyl groups excluding tert-OH is 1. The second kappa shape index (κ2) is 8.99. The zero-order valence-electron chi connectivity index (χ0n) is 14.6. The second-order valence-electron chi connectivity index (χ2n) is 5.94. The molecule has 0 aliphatic heterocycles. The van der Waals surface area contributed by atoms with E-state index in [1.54, 1.807) is 36.4 Å². The number of carbonyl (C=O) groups excluding carboxylic acids is 2. The van der Waals surface area contributed by atoms with Gasteiger partial charge in [-0.3, -0.25) is 9.59 Å². The molecule has 2 aromatic rings. The summed E-state index contributed by atoms with van der Waals surface area (Å²) in [4.78, 5) is 24.7. The molecule has 0 spiro atoms. The molecule has 0 bridgehead atoms. The molecule has 0 radical (unpaired) electrons. The maximum atomic E-state index is 12.4. The molecule has 1 unspecified atom stereocenters. The average molecular weight is 340 g/mol. The molecule has 5 nitrogen and oxygen atoms in total. The summed E-state index contributed by atoms with van der Waals surface area (Å²) in [5.41, 5.74) is 2.52. The molecule has 0 aliphatic rings. The van der Waals surface area contributed by atoms with Crippen LogP contribution in [-0.2, 0) is 0 Å². The first-order valence-corrected chi connectivity index (χ1v) is 8.44. The lowest BCUT2D eigenvalue weighted by atomic mass is 10.1. The Morgan fingerprint density at radius 3 is 2.40 bits per heavy atom. The zero-order chi connectivity index (χ0) is 18.2. The Labute approximate surface area is 148 Å². The Balaban J connectivity index is 2.14. The topological polar surface area (TPSA) is 78.4 Å². The van der Waals surface area contributed by atoms with E-state index in [4.69, 9.17) is 5.11 Å². The van der Waals surface area contributed by atoms with Crippen molar-refractivity contribution in [2.24, 2.45) is 0 Å². The molecule has 0 fully saturated rings. The fourth-order valence-corrected chi connectivity index (χ4v) is 2.48. The lowest BCUT2D eigenvalue weighted by Gasteiger charge is -2.16. The molecule has 2 rings (SSSR count). The van der Waals surface area contributed by atoms with E-state index in [-0.39, 0.29) is 24.5 Å². The Kier molecular flexibility index (Phi) is 6.71. The van der Waals surface area contributed by atoms with Crippen molar-refractivity contribution in [2.75, 3.05) is 11.9 Å². The fraction of sp³-hybridized carbons (Fsp3) is 0.300. The minimum atomic E-state index is -0.215. The van der Waals surface area contributed by atoms with Crippen LogP contribution in [0.3, 0.4) is 0 Å². The number of hydrogen-bond acceptors (Lipinski definition) is 3. The maximum Gasteiger partial charge on any atom is 0.255 e. The molecule has 1 atom stereocenters. The summed E-state index contributed by atoms with van der Waals surface area (Å²) < 4.78 is 0. The fourth-order valence-electron chi connectivity index (χ4n) is 2.48. The second-order valence-corrected chi connectivity index (χ2v) is 5.94. The first kappa shape index (κ1) is 18.7. The number of aliphatic hydroxyl groups is 1. The van der Waals surface area contributed by atoms with Crippen LogP contribution in [-0.4, -0.2) is 29.6 Å². The van der Waals surface area contributed by atoms with Gasteiger partial charge in [-0.1, -0.05) is 31.2 Å². The summed E-state index contributed by atoms with van der Waals surface area (Å²) >= 11 is 0. The van der Waals surface area contributed by atoms with Gasteiger partial charge in [0.15, 0.2) is 0 Å². The van der Waals surface area contributed by atoms with Crippen molar-refractivity contribution in [3.63, 3.8) is 0 Å². The monoisotopic (exact) mass is 340 g/mol. The van der Waals surface area contributed by atoms with Crippen LogP contribution >= 0.6 is 0 Å². The van der Waals surface area contributed by atoms with Gasteiger partial charge in [0.1, 0.15) is 0 Å².